The molecule has 1 amide bonds. The Bertz CT molecular complexity index is 450. The molecule has 21 heavy (non-hydrogen) atoms. The Morgan fingerprint density at radius 3 is 2.57 bits per heavy atom. The highest BCUT2D eigenvalue weighted by Gasteiger charge is 2.29. The van der Waals surface area contributed by atoms with E-state index in [0.717, 1.165) is 37.5 Å². The van der Waals surface area contributed by atoms with Gasteiger partial charge in [-0.2, -0.15) is 0 Å². The van der Waals surface area contributed by atoms with Gasteiger partial charge in [0.15, 0.2) is 0 Å². The second-order valence-corrected chi connectivity index (χ2v) is 6.39. The second-order valence-electron chi connectivity index (χ2n) is 6.39. The molecule has 1 heterocycles. The molecule has 4 heteroatoms. The fraction of sp³-hybridized carbons (Fsp3) is 0.588. The van der Waals surface area contributed by atoms with Crippen molar-refractivity contribution in [1.29, 1.82) is 0 Å². The molecule has 3 nitrogen and oxygen atoms in total. The number of hydrogen-bond acceptors (Lipinski definition) is 2. The predicted molar refractivity (Wildman–Crippen MR) is 90.1 cm³/mol. The zero-order chi connectivity index (χ0) is 14.6. The van der Waals surface area contributed by atoms with Crippen LogP contribution in [0.4, 0.5) is 0 Å². The van der Waals surface area contributed by atoms with Gasteiger partial charge in [0.1, 0.15) is 0 Å². The number of nitrogens with one attached hydrogen (secondary N) is 2. The standard InChI is InChI=1S/C17H26N2O.ClH/c1-13-4-6-15(7-5-13)17(2,3)16(20)19-11-9-14-8-10-18-12-14;/h4-7,14,18H,8-12H2,1-3H3,(H,19,20);1H. The Morgan fingerprint density at radius 1 is 1.33 bits per heavy atom. The van der Waals surface area contributed by atoms with Crippen molar-refractivity contribution in [2.24, 2.45) is 5.92 Å². The number of carbonyl (C=O) groups is 1. The van der Waals surface area contributed by atoms with Crippen molar-refractivity contribution >= 4 is 18.3 Å². The van der Waals surface area contributed by atoms with Gasteiger partial charge in [0, 0.05) is 6.54 Å². The maximum atomic E-state index is 12.4. The molecule has 1 aliphatic heterocycles. The number of benzene rings is 1. The Morgan fingerprint density at radius 2 is 2.00 bits per heavy atom. The summed E-state index contributed by atoms with van der Waals surface area (Å²) in [7, 11) is 0. The molecule has 1 unspecified atom stereocenters. The minimum Gasteiger partial charge on any atom is -0.355 e. The van der Waals surface area contributed by atoms with Crippen molar-refractivity contribution in [3.05, 3.63) is 35.4 Å². The Balaban J connectivity index is 0.00000220. The number of aryl methyl sites for hydroxylation is 1. The second kappa shape index (κ2) is 7.81. The lowest BCUT2D eigenvalue weighted by atomic mass is 9.83. The van der Waals surface area contributed by atoms with E-state index in [1.165, 1.54) is 12.0 Å². The molecule has 1 atom stereocenters. The molecule has 0 radical (unpaired) electrons. The summed E-state index contributed by atoms with van der Waals surface area (Å²) in [5.41, 5.74) is 1.82. The Kier molecular flexibility index (Phi) is 6.69. The van der Waals surface area contributed by atoms with Crippen LogP contribution in [-0.4, -0.2) is 25.5 Å². The van der Waals surface area contributed by atoms with Crippen LogP contribution in [0.1, 0.15) is 37.8 Å². The van der Waals surface area contributed by atoms with Crippen LogP contribution in [0, 0.1) is 12.8 Å². The van der Waals surface area contributed by atoms with Gasteiger partial charge in [0.25, 0.3) is 0 Å². The van der Waals surface area contributed by atoms with Crippen molar-refractivity contribution < 1.29 is 4.79 Å². The van der Waals surface area contributed by atoms with Crippen LogP contribution in [0.2, 0.25) is 0 Å². The molecule has 2 rings (SSSR count). The van der Waals surface area contributed by atoms with E-state index < -0.39 is 5.41 Å². The minimum absolute atomic E-state index is 0. The summed E-state index contributed by atoms with van der Waals surface area (Å²) in [5, 5.41) is 6.46. The minimum atomic E-state index is -0.471. The van der Waals surface area contributed by atoms with E-state index in [9.17, 15) is 4.79 Å². The molecule has 0 aromatic heterocycles. The van der Waals surface area contributed by atoms with Gasteiger partial charge >= 0.3 is 0 Å². The summed E-state index contributed by atoms with van der Waals surface area (Å²) in [6, 6.07) is 8.23. The van der Waals surface area contributed by atoms with Crippen molar-refractivity contribution in [1.82, 2.24) is 10.6 Å². The van der Waals surface area contributed by atoms with Gasteiger partial charge in [-0.1, -0.05) is 29.8 Å². The van der Waals surface area contributed by atoms with Crippen LogP contribution >= 0.6 is 12.4 Å². The van der Waals surface area contributed by atoms with Gasteiger partial charge in [0.2, 0.25) is 5.91 Å². The molecular weight excluding hydrogens is 284 g/mol. The van der Waals surface area contributed by atoms with Crippen LogP contribution in [0.25, 0.3) is 0 Å². The lowest BCUT2D eigenvalue weighted by molar-refractivity contribution is -0.125. The van der Waals surface area contributed by atoms with Gasteiger partial charge in [0.05, 0.1) is 5.41 Å². The Hall–Kier alpha value is -1.06. The van der Waals surface area contributed by atoms with Gasteiger partial charge < -0.3 is 10.6 Å². The fourth-order valence-corrected chi connectivity index (χ4v) is 2.67. The van der Waals surface area contributed by atoms with Crippen LogP contribution in [0.3, 0.4) is 0 Å². The van der Waals surface area contributed by atoms with Crippen LogP contribution in [0.5, 0.6) is 0 Å². The number of rotatable bonds is 5. The maximum absolute atomic E-state index is 12.4. The number of carbonyl (C=O) groups excluding carboxylic acids is 1. The lowest BCUT2D eigenvalue weighted by Gasteiger charge is -2.24. The first-order valence-electron chi connectivity index (χ1n) is 7.56. The molecule has 1 aromatic rings. The highest BCUT2D eigenvalue weighted by molar-refractivity contribution is 5.87. The van der Waals surface area contributed by atoms with E-state index in [2.05, 4.69) is 41.8 Å². The monoisotopic (exact) mass is 310 g/mol. The maximum Gasteiger partial charge on any atom is 0.230 e. The number of hydrogen-bond donors (Lipinski definition) is 2. The van der Waals surface area contributed by atoms with Crippen molar-refractivity contribution in [2.75, 3.05) is 19.6 Å². The first-order valence-corrected chi connectivity index (χ1v) is 7.56. The van der Waals surface area contributed by atoms with E-state index in [4.69, 9.17) is 0 Å². The van der Waals surface area contributed by atoms with Crippen LogP contribution in [0.15, 0.2) is 24.3 Å². The third-order valence-corrected chi connectivity index (χ3v) is 4.34. The summed E-state index contributed by atoms with van der Waals surface area (Å²) >= 11 is 0. The van der Waals surface area contributed by atoms with E-state index in [-0.39, 0.29) is 18.3 Å². The summed E-state index contributed by atoms with van der Waals surface area (Å²) in [6.45, 7) is 9.03. The average Bonchev–Trinajstić information content (AvgIpc) is 2.92. The van der Waals surface area contributed by atoms with Crippen molar-refractivity contribution in [2.45, 2.75) is 39.0 Å². The van der Waals surface area contributed by atoms with E-state index in [1.807, 2.05) is 13.8 Å². The SMILES string of the molecule is Cc1ccc(C(C)(C)C(=O)NCCC2CCNC2)cc1.Cl. The normalized spacial score (nSPS) is 18.1. The first kappa shape index (κ1) is 18.0. The highest BCUT2D eigenvalue weighted by Crippen LogP contribution is 2.23. The van der Waals surface area contributed by atoms with Gasteiger partial charge in [-0.15, -0.1) is 12.4 Å². The molecular formula is C17H27ClN2O. The predicted octanol–water partition coefficient (Wildman–Crippen LogP) is 2.81. The largest absolute Gasteiger partial charge is 0.355 e. The molecule has 0 saturated carbocycles. The van der Waals surface area contributed by atoms with Crippen LogP contribution < -0.4 is 10.6 Å². The third-order valence-electron chi connectivity index (χ3n) is 4.34. The zero-order valence-electron chi connectivity index (χ0n) is 13.2. The quantitative estimate of drug-likeness (QED) is 0.878. The molecule has 0 aliphatic carbocycles. The average molecular weight is 311 g/mol. The van der Waals surface area contributed by atoms with Crippen molar-refractivity contribution in [3.8, 4) is 0 Å². The van der Waals surface area contributed by atoms with Gasteiger partial charge in [-0.3, -0.25) is 4.79 Å². The molecule has 118 valence electrons. The summed E-state index contributed by atoms with van der Waals surface area (Å²) in [4.78, 5) is 12.4. The van der Waals surface area contributed by atoms with Crippen LogP contribution in [-0.2, 0) is 10.2 Å². The zero-order valence-corrected chi connectivity index (χ0v) is 14.1. The first-order chi connectivity index (χ1) is 9.50. The summed E-state index contributed by atoms with van der Waals surface area (Å²) < 4.78 is 0. The molecule has 1 aliphatic rings. The number of amides is 1. The highest BCUT2D eigenvalue weighted by atomic mass is 35.5. The summed E-state index contributed by atoms with van der Waals surface area (Å²) in [5.74, 6) is 0.838. The molecule has 0 spiro atoms. The van der Waals surface area contributed by atoms with E-state index in [0.29, 0.717) is 0 Å². The fourth-order valence-electron chi connectivity index (χ4n) is 2.67. The van der Waals surface area contributed by atoms with E-state index >= 15 is 0 Å². The van der Waals surface area contributed by atoms with Gasteiger partial charge in [-0.25, -0.2) is 0 Å². The molecule has 0 bridgehead atoms. The van der Waals surface area contributed by atoms with E-state index in [1.54, 1.807) is 0 Å². The topological polar surface area (TPSA) is 41.1 Å². The number of halogens is 1. The lowest BCUT2D eigenvalue weighted by Crippen LogP contribution is -2.40. The molecule has 1 saturated heterocycles. The Labute approximate surface area is 134 Å². The molecule has 2 N–H and O–H groups in total. The molecule has 1 fully saturated rings. The molecule has 1 aromatic carbocycles. The third kappa shape index (κ3) is 4.72. The van der Waals surface area contributed by atoms with Crippen molar-refractivity contribution in [3.63, 3.8) is 0 Å². The smallest absolute Gasteiger partial charge is 0.230 e. The van der Waals surface area contributed by atoms with Gasteiger partial charge in [-0.05, 0) is 58.2 Å². The summed E-state index contributed by atoms with van der Waals surface area (Å²) in [6.07, 6.45) is 2.31.